The van der Waals surface area contributed by atoms with Crippen molar-refractivity contribution in [2.75, 3.05) is 18.4 Å². The van der Waals surface area contributed by atoms with Crippen LogP contribution in [0.25, 0.3) is 0 Å². The predicted molar refractivity (Wildman–Crippen MR) is 110 cm³/mol. The van der Waals surface area contributed by atoms with Gasteiger partial charge in [0, 0.05) is 43.2 Å². The molecule has 0 spiro atoms. The van der Waals surface area contributed by atoms with Crippen LogP contribution in [0.3, 0.4) is 0 Å². The van der Waals surface area contributed by atoms with Gasteiger partial charge in [-0.3, -0.25) is 9.69 Å². The van der Waals surface area contributed by atoms with E-state index in [4.69, 9.17) is 16.0 Å². The molecular formula is C22H22ClN3O2. The van der Waals surface area contributed by atoms with Crippen molar-refractivity contribution in [3.63, 3.8) is 0 Å². The molecule has 1 aliphatic heterocycles. The topological polar surface area (TPSA) is 58.4 Å². The summed E-state index contributed by atoms with van der Waals surface area (Å²) in [6, 6.07) is 15.6. The highest BCUT2D eigenvalue weighted by Crippen LogP contribution is 2.20. The number of benzene rings is 2. The van der Waals surface area contributed by atoms with Crippen LogP contribution in [0.5, 0.6) is 0 Å². The van der Waals surface area contributed by atoms with Crippen molar-refractivity contribution in [1.82, 2.24) is 9.88 Å². The molecule has 144 valence electrons. The lowest BCUT2D eigenvalue weighted by atomic mass is 10.1. The average Bonchev–Trinajstić information content (AvgIpc) is 3.02. The Morgan fingerprint density at radius 2 is 1.82 bits per heavy atom. The maximum atomic E-state index is 12.4. The lowest BCUT2D eigenvalue weighted by Crippen LogP contribution is -2.26. The molecule has 2 aromatic carbocycles. The van der Waals surface area contributed by atoms with E-state index in [0.717, 1.165) is 43.9 Å². The van der Waals surface area contributed by atoms with Gasteiger partial charge in [0.2, 0.25) is 0 Å². The Labute approximate surface area is 169 Å². The molecule has 0 saturated heterocycles. The van der Waals surface area contributed by atoms with Crippen molar-refractivity contribution >= 4 is 23.2 Å². The van der Waals surface area contributed by atoms with E-state index < -0.39 is 0 Å². The zero-order valence-corrected chi connectivity index (χ0v) is 16.5. The van der Waals surface area contributed by atoms with Crippen molar-refractivity contribution < 1.29 is 9.21 Å². The fraction of sp³-hybridized carbons (Fsp3) is 0.273. The van der Waals surface area contributed by atoms with Gasteiger partial charge < -0.3 is 9.73 Å². The zero-order valence-electron chi connectivity index (χ0n) is 15.7. The van der Waals surface area contributed by atoms with Gasteiger partial charge in [-0.25, -0.2) is 4.98 Å². The van der Waals surface area contributed by atoms with E-state index in [-0.39, 0.29) is 11.8 Å². The number of rotatable bonds is 4. The van der Waals surface area contributed by atoms with E-state index in [1.165, 1.54) is 11.1 Å². The van der Waals surface area contributed by atoms with Gasteiger partial charge in [0.25, 0.3) is 5.89 Å². The molecule has 5 nitrogen and oxygen atoms in total. The van der Waals surface area contributed by atoms with Gasteiger partial charge in [-0.05, 0) is 36.8 Å². The fourth-order valence-corrected chi connectivity index (χ4v) is 3.46. The molecule has 0 saturated carbocycles. The molecule has 1 amide bonds. The summed E-state index contributed by atoms with van der Waals surface area (Å²) < 4.78 is 5.78. The summed E-state index contributed by atoms with van der Waals surface area (Å²) in [6.07, 6.45) is 1.53. The Balaban J connectivity index is 1.38. The number of oxazole rings is 1. The average molecular weight is 396 g/mol. The standard InChI is InChI=1S/C22H22ClN3O2/c1-15-2-4-16(5-3-15)14-26-12-10-19-20(11-13-26)28-22(25-19)21(27)24-18-8-6-17(23)7-9-18/h2-9H,10-14H2,1H3,(H,24,27). The predicted octanol–water partition coefficient (Wildman–Crippen LogP) is 4.49. The maximum Gasteiger partial charge on any atom is 0.311 e. The van der Waals surface area contributed by atoms with E-state index in [9.17, 15) is 4.79 Å². The molecule has 3 aromatic rings. The smallest absolute Gasteiger partial charge is 0.311 e. The molecule has 0 atom stereocenters. The second-order valence-corrected chi connectivity index (χ2v) is 7.55. The van der Waals surface area contributed by atoms with Gasteiger partial charge in [0.15, 0.2) is 0 Å². The molecule has 0 aliphatic carbocycles. The van der Waals surface area contributed by atoms with Gasteiger partial charge in [-0.1, -0.05) is 41.4 Å². The molecule has 4 rings (SSSR count). The van der Waals surface area contributed by atoms with Gasteiger partial charge in [0.05, 0.1) is 5.69 Å². The van der Waals surface area contributed by atoms with Crippen LogP contribution in [0.1, 0.15) is 33.3 Å². The van der Waals surface area contributed by atoms with Crippen molar-refractivity contribution in [2.45, 2.75) is 26.3 Å². The van der Waals surface area contributed by atoms with E-state index in [2.05, 4.69) is 46.4 Å². The number of amides is 1. The number of anilines is 1. The minimum atomic E-state index is -0.341. The molecule has 0 unspecified atom stereocenters. The largest absolute Gasteiger partial charge is 0.437 e. The van der Waals surface area contributed by atoms with Crippen molar-refractivity contribution in [3.8, 4) is 0 Å². The van der Waals surface area contributed by atoms with Crippen LogP contribution < -0.4 is 5.32 Å². The second kappa shape index (κ2) is 8.17. The molecule has 2 heterocycles. The number of hydrogen-bond acceptors (Lipinski definition) is 4. The lowest BCUT2D eigenvalue weighted by molar-refractivity contribution is 0.0988. The summed E-state index contributed by atoms with van der Waals surface area (Å²) >= 11 is 5.87. The summed E-state index contributed by atoms with van der Waals surface area (Å²) in [5.41, 5.74) is 4.12. The highest BCUT2D eigenvalue weighted by atomic mass is 35.5. The first-order valence-corrected chi connectivity index (χ1v) is 9.78. The maximum absolute atomic E-state index is 12.4. The van der Waals surface area contributed by atoms with Crippen LogP contribution in [0.15, 0.2) is 52.9 Å². The third-order valence-corrected chi connectivity index (χ3v) is 5.17. The van der Waals surface area contributed by atoms with E-state index >= 15 is 0 Å². The number of carbonyl (C=O) groups is 1. The van der Waals surface area contributed by atoms with Crippen molar-refractivity contribution in [1.29, 1.82) is 0 Å². The molecule has 6 heteroatoms. The number of aromatic nitrogens is 1. The number of carbonyl (C=O) groups excluding carboxylic acids is 1. The van der Waals surface area contributed by atoms with Gasteiger partial charge in [0.1, 0.15) is 5.76 Å². The lowest BCUT2D eigenvalue weighted by Gasteiger charge is -2.19. The number of hydrogen-bond donors (Lipinski definition) is 1. The molecule has 1 aliphatic rings. The van der Waals surface area contributed by atoms with Crippen molar-refractivity contribution in [2.24, 2.45) is 0 Å². The number of nitrogens with zero attached hydrogens (tertiary/aromatic N) is 2. The minimum Gasteiger partial charge on any atom is -0.437 e. The fourth-order valence-electron chi connectivity index (χ4n) is 3.33. The summed E-state index contributed by atoms with van der Waals surface area (Å²) in [5, 5.41) is 3.41. The summed E-state index contributed by atoms with van der Waals surface area (Å²) in [5.74, 6) is 0.589. The molecule has 0 fully saturated rings. The number of aryl methyl sites for hydroxylation is 1. The van der Waals surface area contributed by atoms with Gasteiger partial charge >= 0.3 is 5.91 Å². The highest BCUT2D eigenvalue weighted by molar-refractivity contribution is 6.30. The molecular weight excluding hydrogens is 374 g/mol. The first-order chi connectivity index (χ1) is 13.6. The Morgan fingerprint density at radius 1 is 1.11 bits per heavy atom. The normalized spacial score (nSPS) is 14.4. The van der Waals surface area contributed by atoms with E-state index in [1.54, 1.807) is 24.3 Å². The third-order valence-electron chi connectivity index (χ3n) is 4.92. The van der Waals surface area contributed by atoms with Crippen LogP contribution in [0.2, 0.25) is 5.02 Å². The van der Waals surface area contributed by atoms with Gasteiger partial charge in [-0.15, -0.1) is 0 Å². The molecule has 0 radical (unpaired) electrons. The van der Waals surface area contributed by atoms with Crippen LogP contribution in [-0.4, -0.2) is 28.9 Å². The first-order valence-electron chi connectivity index (χ1n) is 9.40. The van der Waals surface area contributed by atoms with E-state index in [1.807, 2.05) is 0 Å². The second-order valence-electron chi connectivity index (χ2n) is 7.11. The highest BCUT2D eigenvalue weighted by Gasteiger charge is 2.23. The summed E-state index contributed by atoms with van der Waals surface area (Å²) in [4.78, 5) is 19.3. The van der Waals surface area contributed by atoms with Crippen LogP contribution >= 0.6 is 11.6 Å². The number of nitrogens with one attached hydrogen (secondary N) is 1. The van der Waals surface area contributed by atoms with Gasteiger partial charge in [-0.2, -0.15) is 0 Å². The number of halogens is 1. The minimum absolute atomic E-state index is 0.118. The third kappa shape index (κ3) is 4.43. The van der Waals surface area contributed by atoms with Crippen molar-refractivity contribution in [3.05, 3.63) is 82.0 Å². The summed E-state index contributed by atoms with van der Waals surface area (Å²) in [7, 11) is 0. The van der Waals surface area contributed by atoms with E-state index in [0.29, 0.717) is 10.7 Å². The monoisotopic (exact) mass is 395 g/mol. The number of fused-ring (bicyclic) bond motifs is 1. The molecule has 1 aromatic heterocycles. The molecule has 28 heavy (non-hydrogen) atoms. The Bertz CT molecular complexity index is 939. The SMILES string of the molecule is Cc1ccc(CN2CCc3nc(C(=O)Nc4ccc(Cl)cc4)oc3CC2)cc1. The Kier molecular flexibility index (Phi) is 5.46. The molecule has 1 N–H and O–H groups in total. The Hall–Kier alpha value is -2.63. The van der Waals surface area contributed by atoms with Crippen LogP contribution in [0.4, 0.5) is 5.69 Å². The zero-order chi connectivity index (χ0) is 19.5. The van der Waals surface area contributed by atoms with Crippen LogP contribution in [0, 0.1) is 6.92 Å². The molecule has 0 bridgehead atoms. The quantitative estimate of drug-likeness (QED) is 0.707. The Morgan fingerprint density at radius 3 is 2.57 bits per heavy atom. The first kappa shape index (κ1) is 18.7. The summed E-state index contributed by atoms with van der Waals surface area (Å²) in [6.45, 7) is 4.79. The van der Waals surface area contributed by atoms with Crippen LogP contribution in [-0.2, 0) is 19.4 Å².